The van der Waals surface area contributed by atoms with E-state index in [1.807, 2.05) is 0 Å². The highest BCUT2D eigenvalue weighted by Gasteiger charge is 2.30. The van der Waals surface area contributed by atoms with Crippen molar-refractivity contribution in [2.75, 3.05) is 0 Å². The van der Waals surface area contributed by atoms with Gasteiger partial charge in [-0.25, -0.2) is 0 Å². The third-order valence-corrected chi connectivity index (χ3v) is 3.44. The molecular formula is C11H20. The maximum atomic E-state index is 1.56. The molecule has 0 heterocycles. The van der Waals surface area contributed by atoms with Gasteiger partial charge in [0.1, 0.15) is 0 Å². The predicted molar refractivity (Wildman–Crippen MR) is 48.5 cm³/mol. The lowest BCUT2D eigenvalue weighted by atomic mass is 9.88. The summed E-state index contributed by atoms with van der Waals surface area (Å²) in [5, 5.41) is 0. The van der Waals surface area contributed by atoms with Gasteiger partial charge in [-0.15, -0.1) is 0 Å². The first-order chi connectivity index (χ1) is 5.47. The summed E-state index contributed by atoms with van der Waals surface area (Å²) >= 11 is 0. The van der Waals surface area contributed by atoms with Crippen LogP contribution in [0.4, 0.5) is 0 Å². The zero-order valence-corrected chi connectivity index (χ0v) is 7.52. The van der Waals surface area contributed by atoms with Crippen LogP contribution in [0.15, 0.2) is 0 Å². The summed E-state index contributed by atoms with van der Waals surface area (Å²) in [7, 11) is 0. The van der Waals surface area contributed by atoms with Crippen molar-refractivity contribution in [2.24, 2.45) is 11.8 Å². The van der Waals surface area contributed by atoms with E-state index in [0.29, 0.717) is 0 Å². The Labute approximate surface area is 70.4 Å². The molecule has 0 N–H and O–H groups in total. The van der Waals surface area contributed by atoms with Crippen molar-refractivity contribution >= 4 is 0 Å². The first kappa shape index (κ1) is 7.64. The molecule has 0 heteroatoms. The Morgan fingerprint density at radius 2 is 0.909 bits per heavy atom. The van der Waals surface area contributed by atoms with Crippen LogP contribution in [0.3, 0.4) is 0 Å². The molecule has 0 aromatic carbocycles. The highest BCUT2D eigenvalue weighted by molar-refractivity contribution is 4.81. The van der Waals surface area contributed by atoms with Crippen LogP contribution >= 0.6 is 0 Å². The number of rotatable bonds is 1. The van der Waals surface area contributed by atoms with Crippen LogP contribution in [0.5, 0.6) is 0 Å². The van der Waals surface area contributed by atoms with Gasteiger partial charge < -0.3 is 0 Å². The first-order valence-corrected chi connectivity index (χ1v) is 5.47. The van der Waals surface area contributed by atoms with E-state index in [-0.39, 0.29) is 0 Å². The van der Waals surface area contributed by atoms with E-state index in [1.54, 1.807) is 25.7 Å². The van der Waals surface area contributed by atoms with E-state index in [4.69, 9.17) is 0 Å². The monoisotopic (exact) mass is 152 g/mol. The van der Waals surface area contributed by atoms with Gasteiger partial charge in [0, 0.05) is 0 Å². The Morgan fingerprint density at radius 1 is 0.455 bits per heavy atom. The molecule has 0 unspecified atom stereocenters. The average Bonchev–Trinajstić information content (AvgIpc) is 2.68. The minimum Gasteiger partial charge on any atom is -0.0533 e. The van der Waals surface area contributed by atoms with Gasteiger partial charge in [-0.05, 0) is 24.7 Å². The molecule has 2 rings (SSSR count). The Morgan fingerprint density at radius 3 is 1.45 bits per heavy atom. The van der Waals surface area contributed by atoms with Crippen LogP contribution in [0, 0.1) is 11.8 Å². The second-order valence-electron chi connectivity index (χ2n) is 4.44. The molecule has 0 radical (unpaired) electrons. The molecule has 2 aliphatic carbocycles. The molecule has 0 nitrogen and oxygen atoms in total. The lowest BCUT2D eigenvalue weighted by molar-refractivity contribution is 0.343. The third kappa shape index (κ3) is 2.21. The Bertz CT molecular complexity index is 105. The fourth-order valence-corrected chi connectivity index (χ4v) is 2.53. The zero-order chi connectivity index (χ0) is 7.52. The van der Waals surface area contributed by atoms with Crippen molar-refractivity contribution in [3.63, 3.8) is 0 Å². The zero-order valence-electron chi connectivity index (χ0n) is 7.52. The maximum Gasteiger partial charge on any atom is -0.0386 e. The van der Waals surface area contributed by atoms with Gasteiger partial charge in [-0.2, -0.15) is 0 Å². The second-order valence-corrected chi connectivity index (χ2v) is 4.44. The standard InChI is InChI=1S/C11H20/c1-2-4-6-10(7-5-3-1)11-8-9-11/h10-11H,1-9H2. The van der Waals surface area contributed by atoms with Gasteiger partial charge in [0.15, 0.2) is 0 Å². The average molecular weight is 152 g/mol. The van der Waals surface area contributed by atoms with E-state index in [2.05, 4.69) is 0 Å². The molecule has 0 aromatic rings. The van der Waals surface area contributed by atoms with Crippen LogP contribution in [0.2, 0.25) is 0 Å². The van der Waals surface area contributed by atoms with Gasteiger partial charge in [-0.1, -0.05) is 44.9 Å². The maximum absolute atomic E-state index is 1.56. The van der Waals surface area contributed by atoms with E-state index in [1.165, 1.54) is 38.0 Å². The molecule has 2 aliphatic rings. The Kier molecular flexibility index (Phi) is 2.50. The molecule has 2 fully saturated rings. The van der Waals surface area contributed by atoms with E-state index >= 15 is 0 Å². The van der Waals surface area contributed by atoms with Gasteiger partial charge >= 0.3 is 0 Å². The number of hydrogen-bond acceptors (Lipinski definition) is 0. The number of hydrogen-bond donors (Lipinski definition) is 0. The topological polar surface area (TPSA) is 0 Å². The molecule has 0 amide bonds. The van der Waals surface area contributed by atoms with Gasteiger partial charge in [-0.3, -0.25) is 0 Å². The molecule has 2 saturated carbocycles. The van der Waals surface area contributed by atoms with Gasteiger partial charge in [0.2, 0.25) is 0 Å². The van der Waals surface area contributed by atoms with Crippen LogP contribution in [0.1, 0.15) is 57.8 Å². The van der Waals surface area contributed by atoms with Crippen LogP contribution in [0.25, 0.3) is 0 Å². The normalized spacial score (nSPS) is 29.5. The summed E-state index contributed by atoms with van der Waals surface area (Å²) in [4.78, 5) is 0. The van der Waals surface area contributed by atoms with E-state index in [0.717, 1.165) is 5.92 Å². The Balaban J connectivity index is 1.76. The Hall–Kier alpha value is 0. The summed E-state index contributed by atoms with van der Waals surface area (Å²) in [6, 6.07) is 0. The minimum atomic E-state index is 1.15. The SMILES string of the molecule is C1CCCC(C2CC2)CCC1. The molecule has 11 heavy (non-hydrogen) atoms. The van der Waals surface area contributed by atoms with Crippen molar-refractivity contribution in [3.8, 4) is 0 Å². The second kappa shape index (κ2) is 3.60. The molecule has 64 valence electrons. The largest absolute Gasteiger partial charge is 0.0533 e. The molecule has 0 aromatic heterocycles. The van der Waals surface area contributed by atoms with E-state index in [9.17, 15) is 0 Å². The molecule has 0 atom stereocenters. The fourth-order valence-electron chi connectivity index (χ4n) is 2.53. The first-order valence-electron chi connectivity index (χ1n) is 5.47. The van der Waals surface area contributed by atoms with Gasteiger partial charge in [0.05, 0.1) is 0 Å². The third-order valence-electron chi connectivity index (χ3n) is 3.44. The smallest absolute Gasteiger partial charge is 0.0386 e. The van der Waals surface area contributed by atoms with E-state index < -0.39 is 0 Å². The molecular weight excluding hydrogens is 132 g/mol. The summed E-state index contributed by atoms with van der Waals surface area (Å²) < 4.78 is 0. The molecule has 0 spiro atoms. The van der Waals surface area contributed by atoms with Crippen molar-refractivity contribution in [1.82, 2.24) is 0 Å². The minimum absolute atomic E-state index is 1.15. The molecule has 0 bridgehead atoms. The lowest BCUT2D eigenvalue weighted by Gasteiger charge is -2.18. The van der Waals surface area contributed by atoms with Crippen LogP contribution < -0.4 is 0 Å². The van der Waals surface area contributed by atoms with Crippen molar-refractivity contribution < 1.29 is 0 Å². The van der Waals surface area contributed by atoms with Gasteiger partial charge in [0.25, 0.3) is 0 Å². The van der Waals surface area contributed by atoms with Crippen molar-refractivity contribution in [3.05, 3.63) is 0 Å². The predicted octanol–water partition coefficient (Wildman–Crippen LogP) is 3.76. The fraction of sp³-hybridized carbons (Fsp3) is 1.00. The lowest BCUT2D eigenvalue weighted by Crippen LogP contribution is -2.05. The molecule has 0 saturated heterocycles. The summed E-state index contributed by atoms with van der Waals surface area (Å²) in [6.07, 6.45) is 13.8. The summed E-state index contributed by atoms with van der Waals surface area (Å²) in [5.41, 5.74) is 0. The highest BCUT2D eigenvalue weighted by Crippen LogP contribution is 2.42. The van der Waals surface area contributed by atoms with Crippen LogP contribution in [-0.4, -0.2) is 0 Å². The summed E-state index contributed by atoms with van der Waals surface area (Å²) in [6.45, 7) is 0. The van der Waals surface area contributed by atoms with Crippen molar-refractivity contribution in [1.29, 1.82) is 0 Å². The van der Waals surface area contributed by atoms with Crippen LogP contribution in [-0.2, 0) is 0 Å². The molecule has 0 aliphatic heterocycles. The highest BCUT2D eigenvalue weighted by atomic mass is 14.4. The quantitative estimate of drug-likeness (QED) is 0.536. The van der Waals surface area contributed by atoms with Crippen molar-refractivity contribution in [2.45, 2.75) is 57.8 Å². The summed E-state index contributed by atoms with van der Waals surface area (Å²) in [5.74, 6) is 2.32.